The lowest BCUT2D eigenvalue weighted by Gasteiger charge is -2.13. The predicted octanol–water partition coefficient (Wildman–Crippen LogP) is 3.54. The van der Waals surface area contributed by atoms with E-state index in [1.54, 1.807) is 0 Å². The molecule has 1 N–H and O–H groups in total. The van der Waals surface area contributed by atoms with Gasteiger partial charge in [0, 0.05) is 4.47 Å². The third-order valence-electron chi connectivity index (χ3n) is 3.18. The first-order valence-corrected chi connectivity index (χ1v) is 6.53. The van der Waals surface area contributed by atoms with Crippen LogP contribution in [0.3, 0.4) is 0 Å². The van der Waals surface area contributed by atoms with E-state index in [0.717, 1.165) is 22.2 Å². The molecular formula is C13H17BrO2. The third kappa shape index (κ3) is 2.41. The van der Waals surface area contributed by atoms with Crippen molar-refractivity contribution in [1.82, 2.24) is 0 Å². The van der Waals surface area contributed by atoms with Crippen molar-refractivity contribution in [1.29, 1.82) is 0 Å². The van der Waals surface area contributed by atoms with Crippen LogP contribution in [0, 0.1) is 11.8 Å². The molecule has 0 heterocycles. The fourth-order valence-corrected chi connectivity index (χ4v) is 2.62. The summed E-state index contributed by atoms with van der Waals surface area (Å²) in [6, 6.07) is 5.79. The number of halogens is 1. The molecule has 2 rings (SSSR count). The summed E-state index contributed by atoms with van der Waals surface area (Å²) >= 11 is 3.49. The molecule has 1 aliphatic carbocycles. The summed E-state index contributed by atoms with van der Waals surface area (Å²) in [4.78, 5) is 0. The van der Waals surface area contributed by atoms with E-state index >= 15 is 0 Å². The lowest BCUT2D eigenvalue weighted by Crippen LogP contribution is -2.02. The first-order chi connectivity index (χ1) is 7.63. The molecule has 1 aromatic rings. The molecule has 1 aromatic carbocycles. The topological polar surface area (TPSA) is 29.5 Å². The van der Waals surface area contributed by atoms with Crippen LogP contribution in [0.4, 0.5) is 0 Å². The summed E-state index contributed by atoms with van der Waals surface area (Å²) < 4.78 is 6.34. The van der Waals surface area contributed by atoms with Crippen LogP contribution in [-0.2, 0) is 0 Å². The van der Waals surface area contributed by atoms with Gasteiger partial charge >= 0.3 is 0 Å². The van der Waals surface area contributed by atoms with Gasteiger partial charge < -0.3 is 9.84 Å². The Balaban J connectivity index is 2.15. The van der Waals surface area contributed by atoms with Crippen molar-refractivity contribution in [3.05, 3.63) is 28.2 Å². The third-order valence-corrected chi connectivity index (χ3v) is 3.87. The Morgan fingerprint density at radius 2 is 2.25 bits per heavy atom. The number of aliphatic hydroxyl groups excluding tert-OH is 1. The lowest BCUT2D eigenvalue weighted by molar-refractivity contribution is 0.147. The highest BCUT2D eigenvalue weighted by Gasteiger charge is 2.39. The zero-order chi connectivity index (χ0) is 11.7. The molecular weight excluding hydrogens is 268 g/mol. The minimum absolute atomic E-state index is 0.347. The van der Waals surface area contributed by atoms with Crippen LogP contribution in [0.1, 0.15) is 31.9 Å². The molecule has 16 heavy (non-hydrogen) atoms. The average Bonchev–Trinajstić information content (AvgIpc) is 2.95. The lowest BCUT2D eigenvalue weighted by atomic mass is 10.0. The van der Waals surface area contributed by atoms with Crippen molar-refractivity contribution >= 4 is 15.9 Å². The highest BCUT2D eigenvalue weighted by molar-refractivity contribution is 9.10. The molecule has 1 saturated carbocycles. The Morgan fingerprint density at radius 3 is 2.75 bits per heavy atom. The minimum atomic E-state index is -0.347. The molecule has 1 fully saturated rings. The number of ether oxygens (including phenoxy) is 1. The van der Waals surface area contributed by atoms with Crippen molar-refractivity contribution in [3.8, 4) is 5.75 Å². The molecule has 1 aliphatic rings. The summed E-state index contributed by atoms with van der Waals surface area (Å²) in [6.07, 6.45) is 0.779. The second-order valence-corrected chi connectivity index (χ2v) is 5.29. The van der Waals surface area contributed by atoms with Crippen LogP contribution < -0.4 is 4.74 Å². The van der Waals surface area contributed by atoms with Crippen molar-refractivity contribution < 1.29 is 9.84 Å². The van der Waals surface area contributed by atoms with Gasteiger partial charge in [0.25, 0.3) is 0 Å². The average molecular weight is 285 g/mol. The Kier molecular flexibility index (Phi) is 3.55. The van der Waals surface area contributed by atoms with Gasteiger partial charge in [0.2, 0.25) is 0 Å². The Bertz CT molecular complexity index is 378. The maximum Gasteiger partial charge on any atom is 0.120 e. The molecule has 3 atom stereocenters. The van der Waals surface area contributed by atoms with E-state index in [1.807, 2.05) is 25.1 Å². The van der Waals surface area contributed by atoms with Gasteiger partial charge in [-0.1, -0.05) is 28.9 Å². The Morgan fingerprint density at radius 1 is 1.56 bits per heavy atom. The number of hydrogen-bond acceptors (Lipinski definition) is 2. The summed E-state index contributed by atoms with van der Waals surface area (Å²) in [5, 5.41) is 10.2. The van der Waals surface area contributed by atoms with E-state index in [-0.39, 0.29) is 6.10 Å². The van der Waals surface area contributed by atoms with Gasteiger partial charge in [0.15, 0.2) is 0 Å². The summed E-state index contributed by atoms with van der Waals surface area (Å²) in [5.41, 5.74) is 0.970. The fourth-order valence-electron chi connectivity index (χ4n) is 2.03. The van der Waals surface area contributed by atoms with Crippen molar-refractivity contribution in [2.24, 2.45) is 11.8 Å². The van der Waals surface area contributed by atoms with Crippen molar-refractivity contribution in [3.63, 3.8) is 0 Å². The zero-order valence-electron chi connectivity index (χ0n) is 9.61. The van der Waals surface area contributed by atoms with Gasteiger partial charge in [0.05, 0.1) is 12.7 Å². The van der Waals surface area contributed by atoms with Gasteiger partial charge in [-0.05, 0) is 42.9 Å². The normalized spacial score (nSPS) is 25.2. The van der Waals surface area contributed by atoms with Crippen molar-refractivity contribution in [2.75, 3.05) is 6.61 Å². The monoisotopic (exact) mass is 284 g/mol. The predicted molar refractivity (Wildman–Crippen MR) is 67.5 cm³/mol. The molecule has 0 aromatic heterocycles. The molecule has 2 nitrogen and oxygen atoms in total. The second-order valence-electron chi connectivity index (χ2n) is 4.44. The Hall–Kier alpha value is -0.540. The quantitative estimate of drug-likeness (QED) is 0.917. The van der Waals surface area contributed by atoms with E-state index in [1.165, 1.54) is 0 Å². The number of hydrogen-bond donors (Lipinski definition) is 1. The molecule has 0 saturated heterocycles. The fraction of sp³-hybridized carbons (Fsp3) is 0.538. The van der Waals surface area contributed by atoms with Crippen LogP contribution >= 0.6 is 15.9 Å². The Labute approximate surface area is 105 Å². The second kappa shape index (κ2) is 4.76. The van der Waals surface area contributed by atoms with Gasteiger partial charge in [-0.3, -0.25) is 0 Å². The maximum atomic E-state index is 10.2. The molecule has 0 bridgehead atoms. The highest BCUT2D eigenvalue weighted by Crippen LogP contribution is 2.48. The standard InChI is InChI=1S/C13H17BrO2/c1-3-16-9-4-5-10(12(14)7-9)13(15)11-6-8(11)2/h4-5,7-8,11,13,15H,3,6H2,1-2H3. The summed E-state index contributed by atoms with van der Waals surface area (Å²) in [7, 11) is 0. The van der Waals surface area contributed by atoms with Crippen LogP contribution in [0.15, 0.2) is 22.7 Å². The maximum absolute atomic E-state index is 10.2. The van der Waals surface area contributed by atoms with E-state index < -0.39 is 0 Å². The molecule has 0 radical (unpaired) electrons. The first-order valence-electron chi connectivity index (χ1n) is 5.73. The number of benzene rings is 1. The largest absolute Gasteiger partial charge is 0.494 e. The number of rotatable bonds is 4. The molecule has 3 unspecified atom stereocenters. The van der Waals surface area contributed by atoms with Gasteiger partial charge in [-0.2, -0.15) is 0 Å². The number of aliphatic hydroxyl groups is 1. The smallest absolute Gasteiger partial charge is 0.120 e. The molecule has 3 heteroatoms. The summed E-state index contributed by atoms with van der Waals surface area (Å²) in [6.45, 7) is 4.80. The minimum Gasteiger partial charge on any atom is -0.494 e. The SMILES string of the molecule is CCOc1ccc(C(O)C2CC2C)c(Br)c1. The van der Waals surface area contributed by atoms with E-state index in [0.29, 0.717) is 18.4 Å². The van der Waals surface area contributed by atoms with Crippen LogP contribution in [-0.4, -0.2) is 11.7 Å². The van der Waals surface area contributed by atoms with E-state index in [2.05, 4.69) is 22.9 Å². The first kappa shape index (κ1) is 11.9. The van der Waals surface area contributed by atoms with Gasteiger partial charge in [0.1, 0.15) is 5.75 Å². The molecule has 0 spiro atoms. The van der Waals surface area contributed by atoms with Crippen molar-refractivity contribution in [2.45, 2.75) is 26.4 Å². The molecule has 0 amide bonds. The van der Waals surface area contributed by atoms with E-state index in [4.69, 9.17) is 4.74 Å². The van der Waals surface area contributed by atoms with Crippen LogP contribution in [0.25, 0.3) is 0 Å². The summed E-state index contributed by atoms with van der Waals surface area (Å²) in [5.74, 6) is 1.91. The molecule has 0 aliphatic heterocycles. The van der Waals surface area contributed by atoms with Gasteiger partial charge in [-0.25, -0.2) is 0 Å². The highest BCUT2D eigenvalue weighted by atomic mass is 79.9. The van der Waals surface area contributed by atoms with Crippen LogP contribution in [0.2, 0.25) is 0 Å². The van der Waals surface area contributed by atoms with Gasteiger partial charge in [-0.15, -0.1) is 0 Å². The zero-order valence-corrected chi connectivity index (χ0v) is 11.2. The van der Waals surface area contributed by atoms with Crippen LogP contribution in [0.5, 0.6) is 5.75 Å². The molecule has 88 valence electrons. The van der Waals surface area contributed by atoms with E-state index in [9.17, 15) is 5.11 Å².